The summed E-state index contributed by atoms with van der Waals surface area (Å²) in [5.41, 5.74) is 7.07. The molecule has 6 heteroatoms. The fourth-order valence-corrected chi connectivity index (χ4v) is 2.79. The van der Waals surface area contributed by atoms with E-state index in [1.54, 1.807) is 7.05 Å². The first-order valence-corrected chi connectivity index (χ1v) is 8.11. The lowest BCUT2D eigenvalue weighted by atomic mass is 10.0. The molecule has 1 saturated heterocycles. The topological polar surface area (TPSA) is 87.5 Å². The molecule has 0 aromatic heterocycles. The van der Waals surface area contributed by atoms with Crippen molar-refractivity contribution in [2.24, 2.45) is 5.73 Å². The average molecular weight is 318 g/mol. The number of carbonyl (C=O) groups is 2. The zero-order valence-electron chi connectivity index (χ0n) is 13.6. The van der Waals surface area contributed by atoms with E-state index in [-0.39, 0.29) is 17.9 Å². The smallest absolute Gasteiger partial charge is 0.237 e. The van der Waals surface area contributed by atoms with Crippen molar-refractivity contribution >= 4 is 11.8 Å². The number of hydrogen-bond acceptors (Lipinski definition) is 4. The summed E-state index contributed by atoms with van der Waals surface area (Å²) in [7, 11) is 1.64. The van der Waals surface area contributed by atoms with E-state index in [4.69, 9.17) is 5.73 Å². The predicted octanol–water partition coefficient (Wildman–Crippen LogP) is -0.117. The predicted molar refractivity (Wildman–Crippen MR) is 89.8 cm³/mol. The third-order valence-corrected chi connectivity index (χ3v) is 4.22. The molecule has 0 saturated carbocycles. The molecule has 1 aromatic carbocycles. The summed E-state index contributed by atoms with van der Waals surface area (Å²) >= 11 is 0. The maximum Gasteiger partial charge on any atom is 0.237 e. The summed E-state index contributed by atoms with van der Waals surface area (Å²) in [6, 6.07) is 9.41. The van der Waals surface area contributed by atoms with Gasteiger partial charge in [-0.25, -0.2) is 0 Å². The monoisotopic (exact) mass is 318 g/mol. The third kappa shape index (κ3) is 5.65. The number of benzene rings is 1. The highest BCUT2D eigenvalue weighted by Crippen LogP contribution is 2.10. The van der Waals surface area contributed by atoms with Crippen molar-refractivity contribution in [3.8, 4) is 0 Å². The van der Waals surface area contributed by atoms with Crippen molar-refractivity contribution in [2.75, 3.05) is 26.7 Å². The SMILES string of the molecule is CNC(=O)CN1CCC(NC(=O)C(N)Cc2ccccc2)CC1. The van der Waals surface area contributed by atoms with E-state index in [0.29, 0.717) is 13.0 Å². The van der Waals surface area contributed by atoms with Crippen LogP contribution in [0.25, 0.3) is 0 Å². The molecule has 1 atom stereocenters. The number of nitrogens with one attached hydrogen (secondary N) is 2. The molecule has 126 valence electrons. The summed E-state index contributed by atoms with van der Waals surface area (Å²) in [5, 5.41) is 5.66. The van der Waals surface area contributed by atoms with Gasteiger partial charge in [-0.3, -0.25) is 14.5 Å². The molecule has 1 fully saturated rings. The number of likely N-dealkylation sites (N-methyl/N-ethyl adjacent to an activating group) is 1. The van der Waals surface area contributed by atoms with Gasteiger partial charge in [-0.1, -0.05) is 30.3 Å². The van der Waals surface area contributed by atoms with Crippen LogP contribution < -0.4 is 16.4 Å². The Labute approximate surface area is 137 Å². The van der Waals surface area contributed by atoms with Crippen LogP contribution in [-0.2, 0) is 16.0 Å². The van der Waals surface area contributed by atoms with Crippen LogP contribution in [0.5, 0.6) is 0 Å². The molecule has 2 amide bonds. The van der Waals surface area contributed by atoms with Gasteiger partial charge in [0.25, 0.3) is 0 Å². The second kappa shape index (κ2) is 8.64. The van der Waals surface area contributed by atoms with Crippen LogP contribution >= 0.6 is 0 Å². The van der Waals surface area contributed by atoms with Gasteiger partial charge in [-0.15, -0.1) is 0 Å². The normalized spacial score (nSPS) is 17.5. The van der Waals surface area contributed by atoms with Gasteiger partial charge in [0.15, 0.2) is 0 Å². The molecule has 0 aliphatic carbocycles. The van der Waals surface area contributed by atoms with Crippen molar-refractivity contribution < 1.29 is 9.59 Å². The molecule has 6 nitrogen and oxygen atoms in total. The van der Waals surface area contributed by atoms with Gasteiger partial charge >= 0.3 is 0 Å². The number of nitrogens with two attached hydrogens (primary N) is 1. The van der Waals surface area contributed by atoms with E-state index >= 15 is 0 Å². The first-order chi connectivity index (χ1) is 11.1. The van der Waals surface area contributed by atoms with Crippen LogP contribution in [0, 0.1) is 0 Å². The molecule has 1 aromatic rings. The fraction of sp³-hybridized carbons (Fsp3) is 0.529. The molecule has 1 aliphatic rings. The van der Waals surface area contributed by atoms with E-state index in [1.165, 1.54) is 0 Å². The minimum absolute atomic E-state index is 0.0253. The molecular weight excluding hydrogens is 292 g/mol. The van der Waals surface area contributed by atoms with Crippen molar-refractivity contribution in [2.45, 2.75) is 31.3 Å². The van der Waals surface area contributed by atoms with Crippen LogP contribution in [0.3, 0.4) is 0 Å². The molecule has 0 spiro atoms. The minimum atomic E-state index is -0.527. The van der Waals surface area contributed by atoms with Gasteiger partial charge in [0.1, 0.15) is 0 Å². The number of rotatable bonds is 6. The van der Waals surface area contributed by atoms with Crippen LogP contribution in [-0.4, -0.2) is 55.5 Å². The lowest BCUT2D eigenvalue weighted by Gasteiger charge is -2.32. The summed E-state index contributed by atoms with van der Waals surface area (Å²) in [4.78, 5) is 25.7. The van der Waals surface area contributed by atoms with Gasteiger partial charge in [0, 0.05) is 26.2 Å². The van der Waals surface area contributed by atoms with E-state index in [0.717, 1.165) is 31.5 Å². The molecule has 0 bridgehead atoms. The second-order valence-corrected chi connectivity index (χ2v) is 6.03. The fourth-order valence-electron chi connectivity index (χ4n) is 2.79. The highest BCUT2D eigenvalue weighted by Gasteiger charge is 2.23. The molecule has 1 heterocycles. The number of piperidine rings is 1. The molecule has 0 radical (unpaired) electrons. The average Bonchev–Trinajstić information content (AvgIpc) is 2.57. The zero-order chi connectivity index (χ0) is 16.7. The number of carbonyl (C=O) groups excluding carboxylic acids is 2. The van der Waals surface area contributed by atoms with Gasteiger partial charge < -0.3 is 16.4 Å². The highest BCUT2D eigenvalue weighted by atomic mass is 16.2. The Bertz CT molecular complexity index is 513. The molecule has 2 rings (SSSR count). The lowest BCUT2D eigenvalue weighted by molar-refractivity contribution is -0.124. The van der Waals surface area contributed by atoms with E-state index in [9.17, 15) is 9.59 Å². The summed E-state index contributed by atoms with van der Waals surface area (Å²) < 4.78 is 0. The summed E-state index contributed by atoms with van der Waals surface area (Å²) in [6.45, 7) is 2.04. The number of nitrogens with zero attached hydrogens (tertiary/aromatic N) is 1. The maximum absolute atomic E-state index is 12.2. The van der Waals surface area contributed by atoms with Crippen LogP contribution in [0.4, 0.5) is 0 Å². The number of amides is 2. The lowest BCUT2D eigenvalue weighted by Crippen LogP contribution is -2.51. The molecule has 23 heavy (non-hydrogen) atoms. The molecule has 1 unspecified atom stereocenters. The van der Waals surface area contributed by atoms with Gasteiger partial charge in [0.05, 0.1) is 12.6 Å². The van der Waals surface area contributed by atoms with Gasteiger partial charge in [-0.05, 0) is 24.8 Å². The second-order valence-electron chi connectivity index (χ2n) is 6.03. The van der Waals surface area contributed by atoms with Crippen LogP contribution in [0.2, 0.25) is 0 Å². The molecule has 1 aliphatic heterocycles. The van der Waals surface area contributed by atoms with Gasteiger partial charge in [0.2, 0.25) is 11.8 Å². The third-order valence-electron chi connectivity index (χ3n) is 4.22. The molecule has 4 N–H and O–H groups in total. The van der Waals surface area contributed by atoms with E-state index in [1.807, 2.05) is 30.3 Å². The summed E-state index contributed by atoms with van der Waals surface area (Å²) in [6.07, 6.45) is 2.24. The zero-order valence-corrected chi connectivity index (χ0v) is 13.6. The maximum atomic E-state index is 12.2. The van der Waals surface area contributed by atoms with Crippen LogP contribution in [0.1, 0.15) is 18.4 Å². The first-order valence-electron chi connectivity index (χ1n) is 8.11. The number of hydrogen-bond donors (Lipinski definition) is 3. The largest absolute Gasteiger partial charge is 0.358 e. The first kappa shape index (κ1) is 17.4. The Kier molecular flexibility index (Phi) is 6.55. The Morgan fingerprint density at radius 3 is 2.52 bits per heavy atom. The van der Waals surface area contributed by atoms with E-state index < -0.39 is 6.04 Å². The quantitative estimate of drug-likeness (QED) is 0.682. The van der Waals surface area contributed by atoms with Crippen molar-refractivity contribution in [1.29, 1.82) is 0 Å². The highest BCUT2D eigenvalue weighted by molar-refractivity contribution is 5.82. The van der Waals surface area contributed by atoms with Crippen LogP contribution in [0.15, 0.2) is 30.3 Å². The Balaban J connectivity index is 1.73. The standard InChI is InChI=1S/C17H26N4O2/c1-19-16(22)12-21-9-7-14(8-10-21)20-17(23)15(18)11-13-5-3-2-4-6-13/h2-6,14-15H,7-12,18H2,1H3,(H,19,22)(H,20,23). The summed E-state index contributed by atoms with van der Waals surface area (Å²) in [5.74, 6) is -0.0732. The number of likely N-dealkylation sites (tertiary alicyclic amines) is 1. The van der Waals surface area contributed by atoms with E-state index in [2.05, 4.69) is 15.5 Å². The Morgan fingerprint density at radius 1 is 1.26 bits per heavy atom. The molecular formula is C17H26N4O2. The van der Waals surface area contributed by atoms with Gasteiger partial charge in [-0.2, -0.15) is 0 Å². The Hall–Kier alpha value is -1.92. The van der Waals surface area contributed by atoms with Crippen molar-refractivity contribution in [3.63, 3.8) is 0 Å². The minimum Gasteiger partial charge on any atom is -0.358 e. The van der Waals surface area contributed by atoms with Crippen molar-refractivity contribution in [3.05, 3.63) is 35.9 Å². The Morgan fingerprint density at radius 2 is 1.91 bits per heavy atom. The van der Waals surface area contributed by atoms with Crippen molar-refractivity contribution in [1.82, 2.24) is 15.5 Å².